The van der Waals surface area contributed by atoms with Crippen LogP contribution in [-0.2, 0) is 4.79 Å². The minimum absolute atomic E-state index is 0.205. The second kappa shape index (κ2) is 4.61. The summed E-state index contributed by atoms with van der Waals surface area (Å²) in [5, 5.41) is 0.763. The summed E-state index contributed by atoms with van der Waals surface area (Å²) < 4.78 is 0. The number of ketones is 1. The fourth-order valence-electron chi connectivity index (χ4n) is 1.80. The van der Waals surface area contributed by atoms with Crippen LogP contribution in [0.3, 0.4) is 0 Å². The van der Waals surface area contributed by atoms with Gasteiger partial charge in [-0.3, -0.25) is 0 Å². The molecule has 1 aromatic carbocycles. The Labute approximate surface area is 90.1 Å². The topological polar surface area (TPSA) is 17.1 Å². The van der Waals surface area contributed by atoms with Crippen LogP contribution in [0.1, 0.15) is 37.3 Å². The summed E-state index contributed by atoms with van der Waals surface area (Å²) in [6, 6.07) is 5.83. The summed E-state index contributed by atoms with van der Waals surface area (Å²) in [5.41, 5.74) is 2.26. The van der Waals surface area contributed by atoms with Gasteiger partial charge in [-0.25, -0.2) is 0 Å². The van der Waals surface area contributed by atoms with E-state index in [1.807, 2.05) is 32.0 Å². The van der Waals surface area contributed by atoms with Gasteiger partial charge in [-0.05, 0) is 37.0 Å². The maximum absolute atomic E-state index is 11.0. The molecule has 2 heteroatoms. The van der Waals surface area contributed by atoms with E-state index in [1.165, 1.54) is 0 Å². The molecule has 0 heterocycles. The molecule has 0 saturated heterocycles. The summed E-state index contributed by atoms with van der Waals surface area (Å²) in [4.78, 5) is 11.0. The minimum Gasteiger partial charge on any atom is -0.300 e. The third-order valence-corrected chi connectivity index (χ3v) is 2.69. The lowest BCUT2D eigenvalue weighted by molar-refractivity contribution is -0.117. The maximum atomic E-state index is 11.0. The summed E-state index contributed by atoms with van der Waals surface area (Å²) in [6.45, 7) is 5.68. The molecule has 0 bridgehead atoms. The van der Waals surface area contributed by atoms with E-state index >= 15 is 0 Å². The van der Waals surface area contributed by atoms with E-state index in [1.54, 1.807) is 6.92 Å². The zero-order valence-corrected chi connectivity index (χ0v) is 9.56. The van der Waals surface area contributed by atoms with E-state index in [-0.39, 0.29) is 11.7 Å². The van der Waals surface area contributed by atoms with Crippen molar-refractivity contribution in [2.24, 2.45) is 0 Å². The van der Waals surface area contributed by atoms with Crippen LogP contribution in [0, 0.1) is 6.92 Å². The summed E-state index contributed by atoms with van der Waals surface area (Å²) >= 11 is 6.10. The first-order valence-corrected chi connectivity index (χ1v) is 5.14. The molecule has 0 fully saturated rings. The predicted molar refractivity (Wildman–Crippen MR) is 59.9 cm³/mol. The second-order valence-corrected chi connectivity index (χ2v) is 4.18. The van der Waals surface area contributed by atoms with Crippen LogP contribution in [0.25, 0.3) is 0 Å². The van der Waals surface area contributed by atoms with Gasteiger partial charge in [0.1, 0.15) is 5.78 Å². The Morgan fingerprint density at radius 3 is 2.64 bits per heavy atom. The van der Waals surface area contributed by atoms with Crippen LogP contribution in [0.5, 0.6) is 0 Å². The van der Waals surface area contributed by atoms with Crippen molar-refractivity contribution in [2.75, 3.05) is 0 Å². The van der Waals surface area contributed by atoms with Gasteiger partial charge in [-0.15, -0.1) is 0 Å². The van der Waals surface area contributed by atoms with Gasteiger partial charge in [-0.1, -0.05) is 30.7 Å². The fourth-order valence-corrected chi connectivity index (χ4v) is 2.21. The molecule has 1 aromatic rings. The highest BCUT2D eigenvalue weighted by atomic mass is 35.5. The first kappa shape index (κ1) is 11.3. The Balaban J connectivity index is 2.99. The average Bonchev–Trinajstić information content (AvgIpc) is 2.01. The number of hydrogen-bond acceptors (Lipinski definition) is 1. The van der Waals surface area contributed by atoms with E-state index in [0.29, 0.717) is 6.42 Å². The van der Waals surface area contributed by atoms with Crippen molar-refractivity contribution in [3.8, 4) is 0 Å². The van der Waals surface area contributed by atoms with Crippen molar-refractivity contribution >= 4 is 17.4 Å². The highest BCUT2D eigenvalue weighted by molar-refractivity contribution is 6.31. The molecule has 0 radical (unpaired) electrons. The lowest BCUT2D eigenvalue weighted by atomic mass is 9.92. The number of benzene rings is 1. The number of halogens is 1. The van der Waals surface area contributed by atoms with E-state index in [2.05, 4.69) is 0 Å². The van der Waals surface area contributed by atoms with Crippen LogP contribution in [0.15, 0.2) is 18.2 Å². The smallest absolute Gasteiger partial charge is 0.130 e. The summed E-state index contributed by atoms with van der Waals surface area (Å²) in [6.07, 6.45) is 0.560. The maximum Gasteiger partial charge on any atom is 0.130 e. The normalized spacial score (nSPS) is 12.6. The Morgan fingerprint density at radius 2 is 2.14 bits per heavy atom. The minimum atomic E-state index is 0.205. The molecule has 0 spiro atoms. The summed E-state index contributed by atoms with van der Waals surface area (Å²) in [5.74, 6) is 0.415. The molecule has 0 N–H and O–H groups in total. The van der Waals surface area contributed by atoms with Crippen molar-refractivity contribution in [1.29, 1.82) is 0 Å². The van der Waals surface area contributed by atoms with Crippen LogP contribution >= 0.6 is 11.6 Å². The molecule has 76 valence electrons. The lowest BCUT2D eigenvalue weighted by Crippen LogP contribution is -2.02. The van der Waals surface area contributed by atoms with E-state index in [9.17, 15) is 4.79 Å². The quantitative estimate of drug-likeness (QED) is 0.743. The number of aryl methyl sites for hydroxylation is 1. The van der Waals surface area contributed by atoms with E-state index < -0.39 is 0 Å². The monoisotopic (exact) mass is 210 g/mol. The van der Waals surface area contributed by atoms with E-state index in [0.717, 1.165) is 16.1 Å². The molecule has 1 rings (SSSR count). The Bertz CT molecular complexity index is 324. The summed E-state index contributed by atoms with van der Waals surface area (Å²) in [7, 11) is 0. The molecule has 1 unspecified atom stereocenters. The standard InChI is InChI=1S/C12H15ClO/c1-8-5-4-6-11(13)12(8)9(2)7-10(3)14/h4-6,9H,7H2,1-3H3. The van der Waals surface area contributed by atoms with Gasteiger partial charge < -0.3 is 4.79 Å². The third-order valence-electron chi connectivity index (χ3n) is 2.36. The fraction of sp³-hybridized carbons (Fsp3) is 0.417. The van der Waals surface area contributed by atoms with Crippen molar-refractivity contribution in [2.45, 2.75) is 33.1 Å². The lowest BCUT2D eigenvalue weighted by Gasteiger charge is -2.14. The Morgan fingerprint density at radius 1 is 1.50 bits per heavy atom. The Hall–Kier alpha value is -0.820. The van der Waals surface area contributed by atoms with Crippen LogP contribution < -0.4 is 0 Å². The first-order chi connectivity index (χ1) is 6.52. The van der Waals surface area contributed by atoms with Gasteiger partial charge >= 0.3 is 0 Å². The van der Waals surface area contributed by atoms with Crippen LogP contribution in [-0.4, -0.2) is 5.78 Å². The highest BCUT2D eigenvalue weighted by Crippen LogP contribution is 2.29. The molecular weight excluding hydrogens is 196 g/mol. The zero-order valence-electron chi connectivity index (χ0n) is 8.80. The number of carbonyl (C=O) groups excluding carboxylic acids is 1. The molecule has 14 heavy (non-hydrogen) atoms. The van der Waals surface area contributed by atoms with Gasteiger partial charge in [0.15, 0.2) is 0 Å². The van der Waals surface area contributed by atoms with Crippen molar-refractivity contribution in [3.05, 3.63) is 34.3 Å². The first-order valence-electron chi connectivity index (χ1n) is 4.76. The molecule has 0 aliphatic heterocycles. The second-order valence-electron chi connectivity index (χ2n) is 3.78. The van der Waals surface area contributed by atoms with Gasteiger partial charge in [0.25, 0.3) is 0 Å². The molecule has 0 aromatic heterocycles. The van der Waals surface area contributed by atoms with Gasteiger partial charge in [0.2, 0.25) is 0 Å². The van der Waals surface area contributed by atoms with E-state index in [4.69, 9.17) is 11.6 Å². The molecule has 0 aliphatic rings. The SMILES string of the molecule is CC(=O)CC(C)c1c(C)cccc1Cl. The van der Waals surface area contributed by atoms with Crippen molar-refractivity contribution in [1.82, 2.24) is 0 Å². The van der Waals surface area contributed by atoms with Crippen molar-refractivity contribution in [3.63, 3.8) is 0 Å². The zero-order chi connectivity index (χ0) is 10.7. The Kier molecular flexibility index (Phi) is 3.70. The van der Waals surface area contributed by atoms with Crippen LogP contribution in [0.4, 0.5) is 0 Å². The van der Waals surface area contributed by atoms with Crippen LogP contribution in [0.2, 0.25) is 5.02 Å². The van der Waals surface area contributed by atoms with Crippen molar-refractivity contribution < 1.29 is 4.79 Å². The average molecular weight is 211 g/mol. The predicted octanol–water partition coefficient (Wildman–Crippen LogP) is 3.73. The molecule has 0 amide bonds. The number of Topliss-reactive ketones (excluding diaryl/α,β-unsaturated/α-hetero) is 1. The van der Waals surface area contributed by atoms with Gasteiger partial charge in [0, 0.05) is 11.4 Å². The van der Waals surface area contributed by atoms with Gasteiger partial charge in [0.05, 0.1) is 0 Å². The molecule has 1 nitrogen and oxygen atoms in total. The van der Waals surface area contributed by atoms with Gasteiger partial charge in [-0.2, -0.15) is 0 Å². The molecule has 0 saturated carbocycles. The highest BCUT2D eigenvalue weighted by Gasteiger charge is 2.13. The number of carbonyl (C=O) groups is 1. The molecule has 1 atom stereocenters. The number of hydrogen-bond donors (Lipinski definition) is 0. The number of rotatable bonds is 3. The third kappa shape index (κ3) is 2.58. The largest absolute Gasteiger partial charge is 0.300 e. The molecular formula is C12H15ClO. The molecule has 0 aliphatic carbocycles.